The highest BCUT2D eigenvalue weighted by Crippen LogP contribution is 2.28. The van der Waals surface area contributed by atoms with E-state index in [1.807, 2.05) is 18.2 Å². The van der Waals surface area contributed by atoms with Gasteiger partial charge in [0.25, 0.3) is 0 Å². The second-order valence-corrected chi connectivity index (χ2v) is 6.66. The first-order valence-corrected chi connectivity index (χ1v) is 8.10. The molecule has 0 aliphatic heterocycles. The van der Waals surface area contributed by atoms with E-state index >= 15 is 0 Å². The SMILES string of the molecule is O=C(O)C(NC1CCCCC1)c1ccc(Br)c(Br)c1. The van der Waals surface area contributed by atoms with E-state index in [9.17, 15) is 9.90 Å². The summed E-state index contributed by atoms with van der Waals surface area (Å²) in [5.41, 5.74) is 0.785. The molecular weight excluding hydrogens is 374 g/mol. The lowest BCUT2D eigenvalue weighted by Gasteiger charge is -2.26. The van der Waals surface area contributed by atoms with Gasteiger partial charge in [0.15, 0.2) is 0 Å². The van der Waals surface area contributed by atoms with Gasteiger partial charge in [-0.2, -0.15) is 0 Å². The van der Waals surface area contributed by atoms with Crippen LogP contribution in [0.5, 0.6) is 0 Å². The Kier molecular flexibility index (Phi) is 5.42. The summed E-state index contributed by atoms with van der Waals surface area (Å²) in [6.07, 6.45) is 5.78. The van der Waals surface area contributed by atoms with E-state index < -0.39 is 12.0 Å². The zero-order valence-corrected chi connectivity index (χ0v) is 13.7. The first kappa shape index (κ1) is 15.0. The zero-order valence-electron chi connectivity index (χ0n) is 10.5. The molecule has 1 fully saturated rings. The summed E-state index contributed by atoms with van der Waals surface area (Å²) in [7, 11) is 0. The van der Waals surface area contributed by atoms with Gasteiger partial charge in [-0.25, -0.2) is 0 Å². The number of aliphatic carboxylic acids is 1. The molecule has 0 saturated heterocycles. The van der Waals surface area contributed by atoms with E-state index in [4.69, 9.17) is 0 Å². The Labute approximate surface area is 130 Å². The molecular formula is C14H17Br2NO2. The Balaban J connectivity index is 2.14. The molecule has 2 N–H and O–H groups in total. The highest BCUT2D eigenvalue weighted by Gasteiger charge is 2.24. The predicted molar refractivity (Wildman–Crippen MR) is 82.2 cm³/mol. The first-order valence-electron chi connectivity index (χ1n) is 6.51. The molecule has 2 rings (SSSR count). The van der Waals surface area contributed by atoms with Crippen molar-refractivity contribution in [3.63, 3.8) is 0 Å². The molecule has 1 aromatic carbocycles. The van der Waals surface area contributed by atoms with Crippen molar-refractivity contribution < 1.29 is 9.90 Å². The van der Waals surface area contributed by atoms with Gasteiger partial charge in [0, 0.05) is 15.0 Å². The van der Waals surface area contributed by atoms with Gasteiger partial charge in [-0.15, -0.1) is 0 Å². The minimum Gasteiger partial charge on any atom is -0.480 e. The molecule has 0 amide bonds. The van der Waals surface area contributed by atoms with E-state index in [2.05, 4.69) is 37.2 Å². The van der Waals surface area contributed by atoms with Crippen molar-refractivity contribution in [1.82, 2.24) is 5.32 Å². The van der Waals surface area contributed by atoms with Crippen LogP contribution in [0.1, 0.15) is 43.7 Å². The highest BCUT2D eigenvalue weighted by atomic mass is 79.9. The summed E-state index contributed by atoms with van der Waals surface area (Å²) < 4.78 is 1.81. The van der Waals surface area contributed by atoms with Gasteiger partial charge in [0.05, 0.1) is 0 Å². The number of carboxylic acids is 1. The maximum atomic E-state index is 11.5. The Morgan fingerprint density at radius 3 is 2.47 bits per heavy atom. The van der Waals surface area contributed by atoms with Crippen LogP contribution in [0.25, 0.3) is 0 Å². The van der Waals surface area contributed by atoms with Crippen LogP contribution >= 0.6 is 31.9 Å². The van der Waals surface area contributed by atoms with Gasteiger partial charge in [0.2, 0.25) is 0 Å². The van der Waals surface area contributed by atoms with Crippen molar-refractivity contribution in [3.05, 3.63) is 32.7 Å². The quantitative estimate of drug-likeness (QED) is 0.807. The molecule has 1 atom stereocenters. The number of nitrogens with one attached hydrogen (secondary N) is 1. The normalized spacial score (nSPS) is 18.2. The Morgan fingerprint density at radius 1 is 1.21 bits per heavy atom. The van der Waals surface area contributed by atoms with Crippen LogP contribution in [0.15, 0.2) is 27.1 Å². The fourth-order valence-corrected chi connectivity index (χ4v) is 3.15. The third kappa shape index (κ3) is 4.04. The number of rotatable bonds is 4. The summed E-state index contributed by atoms with van der Waals surface area (Å²) in [6, 6.07) is 5.27. The third-order valence-corrected chi connectivity index (χ3v) is 5.41. The molecule has 0 aromatic heterocycles. The molecule has 0 radical (unpaired) electrons. The maximum Gasteiger partial charge on any atom is 0.325 e. The molecule has 1 saturated carbocycles. The largest absolute Gasteiger partial charge is 0.480 e. The number of halogens is 2. The van der Waals surface area contributed by atoms with Crippen molar-refractivity contribution in [1.29, 1.82) is 0 Å². The second-order valence-electron chi connectivity index (χ2n) is 4.95. The van der Waals surface area contributed by atoms with Gasteiger partial charge in [-0.1, -0.05) is 25.3 Å². The molecule has 1 unspecified atom stereocenters. The average Bonchev–Trinajstić information content (AvgIpc) is 2.40. The van der Waals surface area contributed by atoms with E-state index in [1.54, 1.807) is 0 Å². The van der Waals surface area contributed by atoms with Crippen molar-refractivity contribution >= 4 is 37.8 Å². The minimum absolute atomic E-state index is 0.317. The maximum absolute atomic E-state index is 11.5. The smallest absolute Gasteiger partial charge is 0.325 e. The molecule has 104 valence electrons. The van der Waals surface area contributed by atoms with Crippen molar-refractivity contribution in [3.8, 4) is 0 Å². The van der Waals surface area contributed by atoms with Crippen LogP contribution in [0.2, 0.25) is 0 Å². The summed E-state index contributed by atoms with van der Waals surface area (Å²) in [5, 5.41) is 12.7. The van der Waals surface area contributed by atoms with Crippen LogP contribution in [-0.2, 0) is 4.79 Å². The lowest BCUT2D eigenvalue weighted by molar-refractivity contribution is -0.140. The monoisotopic (exact) mass is 389 g/mol. The Bertz CT molecular complexity index is 459. The highest BCUT2D eigenvalue weighted by molar-refractivity contribution is 9.13. The molecule has 0 spiro atoms. The second kappa shape index (κ2) is 6.86. The molecule has 1 aliphatic rings. The lowest BCUT2D eigenvalue weighted by atomic mass is 9.94. The molecule has 3 nitrogen and oxygen atoms in total. The fraction of sp³-hybridized carbons (Fsp3) is 0.500. The van der Waals surface area contributed by atoms with Crippen LogP contribution in [0.4, 0.5) is 0 Å². The van der Waals surface area contributed by atoms with Gasteiger partial charge in [0.1, 0.15) is 6.04 Å². The number of hydrogen-bond donors (Lipinski definition) is 2. The van der Waals surface area contributed by atoms with Gasteiger partial charge < -0.3 is 5.11 Å². The third-order valence-electron chi connectivity index (χ3n) is 3.53. The van der Waals surface area contributed by atoms with Crippen molar-refractivity contribution in [2.24, 2.45) is 0 Å². The number of carbonyl (C=O) groups is 1. The average molecular weight is 391 g/mol. The van der Waals surface area contributed by atoms with Gasteiger partial charge in [-0.3, -0.25) is 10.1 Å². The molecule has 19 heavy (non-hydrogen) atoms. The topological polar surface area (TPSA) is 49.3 Å². The van der Waals surface area contributed by atoms with Gasteiger partial charge in [-0.05, 0) is 62.4 Å². The van der Waals surface area contributed by atoms with Crippen LogP contribution in [0.3, 0.4) is 0 Å². The standard InChI is InChI=1S/C14H17Br2NO2/c15-11-7-6-9(8-12(11)16)13(14(18)19)17-10-4-2-1-3-5-10/h6-8,10,13,17H,1-5H2,(H,18,19). The van der Waals surface area contributed by atoms with E-state index in [1.165, 1.54) is 19.3 Å². The first-order chi connectivity index (χ1) is 9.08. The van der Waals surface area contributed by atoms with Crippen LogP contribution in [0, 0.1) is 0 Å². The summed E-state index contributed by atoms with van der Waals surface area (Å²) in [5.74, 6) is -0.820. The molecule has 0 bridgehead atoms. The van der Waals surface area contributed by atoms with E-state index in [0.29, 0.717) is 6.04 Å². The molecule has 0 heterocycles. The summed E-state index contributed by atoms with van der Waals surface area (Å²) in [4.78, 5) is 11.5. The molecule has 1 aliphatic carbocycles. The summed E-state index contributed by atoms with van der Waals surface area (Å²) >= 11 is 6.82. The van der Waals surface area contributed by atoms with Gasteiger partial charge >= 0.3 is 5.97 Å². The number of hydrogen-bond acceptors (Lipinski definition) is 2. The van der Waals surface area contributed by atoms with Crippen molar-refractivity contribution in [2.45, 2.75) is 44.2 Å². The Hall–Kier alpha value is -0.390. The van der Waals surface area contributed by atoms with Crippen LogP contribution in [-0.4, -0.2) is 17.1 Å². The predicted octanol–water partition coefficient (Wildman–Crippen LogP) is 4.26. The minimum atomic E-state index is -0.820. The number of carboxylic acid groups (broad SMARTS) is 1. The van der Waals surface area contributed by atoms with Crippen molar-refractivity contribution in [2.75, 3.05) is 0 Å². The molecule has 5 heteroatoms. The van der Waals surface area contributed by atoms with E-state index in [0.717, 1.165) is 27.4 Å². The lowest BCUT2D eigenvalue weighted by Crippen LogP contribution is -2.38. The fourth-order valence-electron chi connectivity index (χ4n) is 2.51. The zero-order chi connectivity index (χ0) is 13.8. The molecule has 1 aromatic rings. The summed E-state index contributed by atoms with van der Waals surface area (Å²) in [6.45, 7) is 0. The van der Waals surface area contributed by atoms with E-state index in [-0.39, 0.29) is 0 Å². The number of benzene rings is 1. The van der Waals surface area contributed by atoms with Crippen LogP contribution < -0.4 is 5.32 Å². The Morgan fingerprint density at radius 2 is 1.89 bits per heavy atom.